The highest BCUT2D eigenvalue weighted by Gasteiger charge is 2.42. The molecular formula is C4H27P3Si7. The average molecular weight is 365 g/mol. The molecule has 0 bridgehead atoms. The molecule has 10 heteroatoms. The summed E-state index contributed by atoms with van der Waals surface area (Å²) in [5.74, 6) is 0. The summed E-state index contributed by atoms with van der Waals surface area (Å²) in [5, 5.41) is 0. The molecule has 0 aromatic rings. The maximum absolute atomic E-state index is 2.79. The van der Waals surface area contributed by atoms with Crippen LogP contribution in [0.15, 0.2) is 0 Å². The van der Waals surface area contributed by atoms with Crippen molar-refractivity contribution in [1.29, 1.82) is 0 Å². The van der Waals surface area contributed by atoms with Gasteiger partial charge in [0.05, 0.1) is 14.8 Å². The van der Waals surface area contributed by atoms with Crippen LogP contribution >= 0.6 is 19.7 Å². The van der Waals surface area contributed by atoms with Gasteiger partial charge in [0.1, 0.15) is 0 Å². The van der Waals surface area contributed by atoms with Crippen LogP contribution in [0.3, 0.4) is 0 Å². The van der Waals surface area contributed by atoms with Crippen molar-refractivity contribution in [3.05, 3.63) is 0 Å². The summed E-state index contributed by atoms with van der Waals surface area (Å²) in [5.41, 5.74) is 0. The molecule has 0 aliphatic rings. The first kappa shape index (κ1) is 16.8. The van der Waals surface area contributed by atoms with Gasteiger partial charge < -0.3 is 0 Å². The Bertz CT molecular complexity index is 173. The molecule has 0 nitrogen and oxygen atoms in total. The van der Waals surface area contributed by atoms with E-state index >= 15 is 0 Å². The number of hydrogen-bond acceptors (Lipinski definition) is 0. The Morgan fingerprint density at radius 2 is 0.857 bits per heavy atom. The summed E-state index contributed by atoms with van der Waals surface area (Å²) in [6.07, 6.45) is 0. The molecule has 0 spiro atoms. The van der Waals surface area contributed by atoms with Gasteiger partial charge in [-0.05, 0) is 0 Å². The number of hydrogen-bond donors (Lipinski definition) is 0. The van der Waals surface area contributed by atoms with Crippen LogP contribution in [-0.4, -0.2) is 64.4 Å². The lowest BCUT2D eigenvalue weighted by atomic mass is 11.9. The van der Waals surface area contributed by atoms with E-state index in [1.54, 1.807) is 49.5 Å². The van der Waals surface area contributed by atoms with Gasteiger partial charge >= 0.3 is 0 Å². The van der Waals surface area contributed by atoms with Gasteiger partial charge in [-0.1, -0.05) is 26.2 Å². The molecule has 0 N–H and O–H groups in total. The molecule has 86 valence electrons. The van der Waals surface area contributed by atoms with E-state index in [0.29, 0.717) is 19.7 Å². The van der Waals surface area contributed by atoms with Gasteiger partial charge in [-0.3, -0.25) is 0 Å². The molecule has 0 amide bonds. The molecule has 0 aromatic carbocycles. The lowest BCUT2D eigenvalue weighted by Crippen LogP contribution is -2.35. The summed E-state index contributed by atoms with van der Waals surface area (Å²) in [6.45, 7) is 13.2. The molecule has 0 unspecified atom stereocenters. The third-order valence-corrected chi connectivity index (χ3v) is 141. The lowest BCUT2D eigenvalue weighted by molar-refractivity contribution is 2.04. The molecule has 14 heavy (non-hydrogen) atoms. The lowest BCUT2D eigenvalue weighted by Gasteiger charge is -2.46. The zero-order chi connectivity index (χ0) is 11.7. The average Bonchev–Trinajstić information content (AvgIpc) is 2.02. The zero-order valence-corrected chi connectivity index (χ0v) is 26.0. The second kappa shape index (κ2) is 6.12. The van der Waals surface area contributed by atoms with Crippen molar-refractivity contribution >= 4 is 84.1 Å². The van der Waals surface area contributed by atoms with Crippen LogP contribution in [0.25, 0.3) is 0 Å². The standard InChI is InChI=1S/C4H27P3Si7/c1-13(2,5(8)9)7(12)14(3,4)6(10)11/h1-4,8-12H3. The smallest absolute Gasteiger partial charge is 0.0842 e. The molecule has 0 atom stereocenters. The highest BCUT2D eigenvalue weighted by Crippen LogP contribution is 2.67. The van der Waals surface area contributed by atoms with Gasteiger partial charge in [0, 0.05) is 49.5 Å². The predicted octanol–water partition coefficient (Wildman–Crippen LogP) is -1.76. The largest absolute Gasteiger partial charge is 0.155 e. The molecular weight excluding hydrogens is 338 g/mol. The quantitative estimate of drug-likeness (QED) is 0.409. The van der Waals surface area contributed by atoms with Crippen molar-refractivity contribution in [2.75, 3.05) is 0 Å². The van der Waals surface area contributed by atoms with Crippen LogP contribution in [0.1, 0.15) is 0 Å². The van der Waals surface area contributed by atoms with E-state index in [2.05, 4.69) is 26.2 Å². The Morgan fingerprint density at radius 1 is 0.643 bits per heavy atom. The van der Waals surface area contributed by atoms with Gasteiger partial charge in [-0.2, -0.15) is 13.1 Å². The normalized spacial score (nSPS) is 21.4. The Labute approximate surface area is 110 Å². The summed E-state index contributed by atoms with van der Waals surface area (Å²) in [6, 6.07) is 0. The summed E-state index contributed by atoms with van der Waals surface area (Å²) >= 11 is 0. The first-order valence-electron chi connectivity index (χ1n) is 5.13. The molecule has 0 aromatic heterocycles. The van der Waals surface area contributed by atoms with Crippen molar-refractivity contribution in [2.45, 2.75) is 26.2 Å². The van der Waals surface area contributed by atoms with Crippen LogP contribution in [0.4, 0.5) is 0 Å². The minimum atomic E-state index is -0.645. The van der Waals surface area contributed by atoms with E-state index in [4.69, 9.17) is 0 Å². The fourth-order valence-corrected chi connectivity index (χ4v) is 180. The Kier molecular flexibility index (Phi) is 7.34. The summed E-state index contributed by atoms with van der Waals surface area (Å²) < 4.78 is 0. The third kappa shape index (κ3) is 3.93. The van der Waals surface area contributed by atoms with E-state index in [1.807, 2.05) is 0 Å². The summed E-state index contributed by atoms with van der Waals surface area (Å²) in [7, 11) is 6.65. The van der Waals surface area contributed by atoms with Gasteiger partial charge in [0.15, 0.2) is 0 Å². The highest BCUT2D eigenvalue weighted by atomic mass is 32.1. The van der Waals surface area contributed by atoms with E-state index < -0.39 is 14.8 Å². The minimum Gasteiger partial charge on any atom is -0.155 e. The molecule has 0 radical (unpaired) electrons. The van der Waals surface area contributed by atoms with E-state index in [1.165, 1.54) is 0 Å². The van der Waals surface area contributed by atoms with Gasteiger partial charge in [-0.15, -0.1) is 6.57 Å². The SMILES string of the molecule is C[Si](C)(P([SiH3])[SiH3])P([SiH3])[Si](C)(C)P([SiH3])[SiH3]. The molecule has 0 fully saturated rings. The predicted molar refractivity (Wildman–Crippen MR) is 105 cm³/mol. The van der Waals surface area contributed by atoms with Crippen molar-refractivity contribution in [3.8, 4) is 0 Å². The zero-order valence-electron chi connectivity index (χ0n) is 11.3. The Balaban J connectivity index is 4.85. The topological polar surface area (TPSA) is 0 Å². The van der Waals surface area contributed by atoms with Crippen molar-refractivity contribution in [2.24, 2.45) is 0 Å². The minimum absolute atomic E-state index is 0.645. The summed E-state index contributed by atoms with van der Waals surface area (Å²) in [4.78, 5) is 0. The fraction of sp³-hybridized carbons (Fsp3) is 1.00. The molecule has 0 rings (SSSR count). The third-order valence-electron chi connectivity index (χ3n) is 3.83. The van der Waals surface area contributed by atoms with Gasteiger partial charge in [0.25, 0.3) is 0 Å². The molecule has 0 aliphatic heterocycles. The number of rotatable bonds is 4. The molecule has 0 saturated heterocycles. The van der Waals surface area contributed by atoms with E-state index in [9.17, 15) is 0 Å². The highest BCUT2D eigenvalue weighted by molar-refractivity contribution is 8.61. The van der Waals surface area contributed by atoms with Gasteiger partial charge in [0.2, 0.25) is 0 Å². The molecule has 0 aliphatic carbocycles. The van der Waals surface area contributed by atoms with Crippen LogP contribution in [-0.2, 0) is 0 Å². The van der Waals surface area contributed by atoms with Crippen molar-refractivity contribution < 1.29 is 0 Å². The second-order valence-corrected chi connectivity index (χ2v) is 87.9. The van der Waals surface area contributed by atoms with Crippen molar-refractivity contribution in [3.63, 3.8) is 0 Å². The van der Waals surface area contributed by atoms with E-state index in [0.717, 1.165) is 0 Å². The van der Waals surface area contributed by atoms with E-state index in [-0.39, 0.29) is 0 Å². The fourth-order valence-electron chi connectivity index (χ4n) is 1.27. The van der Waals surface area contributed by atoms with Crippen LogP contribution in [0.5, 0.6) is 0 Å². The van der Waals surface area contributed by atoms with Crippen LogP contribution < -0.4 is 0 Å². The van der Waals surface area contributed by atoms with Crippen LogP contribution in [0.2, 0.25) is 26.2 Å². The first-order valence-corrected chi connectivity index (χ1v) is 34.2. The molecule has 0 saturated carbocycles. The Hall–Kier alpha value is 2.81. The molecule has 0 heterocycles. The van der Waals surface area contributed by atoms with Gasteiger partial charge in [-0.25, -0.2) is 0 Å². The second-order valence-electron chi connectivity index (χ2n) is 5.34. The first-order chi connectivity index (χ1) is 6.04. The van der Waals surface area contributed by atoms with Crippen LogP contribution in [0, 0.1) is 0 Å². The maximum atomic E-state index is 2.79. The van der Waals surface area contributed by atoms with Crippen molar-refractivity contribution in [1.82, 2.24) is 0 Å². The monoisotopic (exact) mass is 364 g/mol. The Morgan fingerprint density at radius 3 is 1.00 bits per heavy atom. The maximum Gasteiger partial charge on any atom is 0.0842 e.